The molecule has 2 saturated heterocycles. The van der Waals surface area contributed by atoms with Crippen LogP contribution in [0.15, 0.2) is 24.3 Å². The molecule has 24 heavy (non-hydrogen) atoms. The average Bonchev–Trinajstić information content (AvgIpc) is 2.98. The minimum absolute atomic E-state index is 0.181. The van der Waals surface area contributed by atoms with Crippen molar-refractivity contribution in [2.45, 2.75) is 38.6 Å². The van der Waals surface area contributed by atoms with Crippen LogP contribution in [0.25, 0.3) is 0 Å². The molecular formula is C19H29N3O2. The number of likely N-dealkylation sites (tertiary alicyclic amines) is 1. The van der Waals surface area contributed by atoms with Gasteiger partial charge in [0.1, 0.15) is 11.3 Å². The molecule has 0 unspecified atom stereocenters. The first-order chi connectivity index (χ1) is 11.4. The zero-order valence-electron chi connectivity index (χ0n) is 15.0. The van der Waals surface area contributed by atoms with Gasteiger partial charge in [-0.15, -0.1) is 0 Å². The fraction of sp³-hybridized carbons (Fsp3) is 0.632. The summed E-state index contributed by atoms with van der Waals surface area (Å²) >= 11 is 0. The van der Waals surface area contributed by atoms with E-state index in [1.165, 1.54) is 12.8 Å². The lowest BCUT2D eigenvalue weighted by molar-refractivity contribution is -0.134. The molecule has 2 aliphatic rings. The maximum Gasteiger partial charge on any atom is 0.247 e. The molecule has 0 saturated carbocycles. The van der Waals surface area contributed by atoms with Gasteiger partial charge in [0.2, 0.25) is 5.91 Å². The molecule has 0 aliphatic carbocycles. The highest BCUT2D eigenvalue weighted by Gasteiger charge is 2.43. The van der Waals surface area contributed by atoms with E-state index in [9.17, 15) is 4.79 Å². The van der Waals surface area contributed by atoms with Crippen LogP contribution in [-0.4, -0.2) is 49.6 Å². The van der Waals surface area contributed by atoms with Crippen LogP contribution in [-0.2, 0) is 4.79 Å². The number of nitrogens with zero attached hydrogens (tertiary/aromatic N) is 1. The van der Waals surface area contributed by atoms with Gasteiger partial charge >= 0.3 is 0 Å². The van der Waals surface area contributed by atoms with Gasteiger partial charge in [0, 0.05) is 30.7 Å². The SMILES string of the molecule is COc1ccc(NC(C)(C)C(=O)N2CC[C@@]3(CCCNC3)C2)cc1. The van der Waals surface area contributed by atoms with Crippen LogP contribution < -0.4 is 15.4 Å². The Hall–Kier alpha value is -1.75. The van der Waals surface area contributed by atoms with Crippen LogP contribution in [0.1, 0.15) is 33.1 Å². The summed E-state index contributed by atoms with van der Waals surface area (Å²) in [6.07, 6.45) is 3.57. The van der Waals surface area contributed by atoms with Gasteiger partial charge in [0.15, 0.2) is 0 Å². The molecule has 1 aromatic carbocycles. The van der Waals surface area contributed by atoms with E-state index in [-0.39, 0.29) is 5.91 Å². The van der Waals surface area contributed by atoms with Crippen molar-refractivity contribution >= 4 is 11.6 Å². The summed E-state index contributed by atoms with van der Waals surface area (Å²) in [5, 5.41) is 6.88. The minimum Gasteiger partial charge on any atom is -0.497 e. The molecule has 1 amide bonds. The van der Waals surface area contributed by atoms with E-state index in [1.807, 2.05) is 43.0 Å². The van der Waals surface area contributed by atoms with Gasteiger partial charge in [-0.05, 0) is 63.9 Å². The number of piperidine rings is 1. The second-order valence-corrected chi connectivity index (χ2v) is 7.74. The normalized spacial score (nSPS) is 24.2. The molecule has 1 atom stereocenters. The predicted molar refractivity (Wildman–Crippen MR) is 96.4 cm³/mol. The molecule has 132 valence electrons. The van der Waals surface area contributed by atoms with E-state index in [0.29, 0.717) is 5.41 Å². The Kier molecular flexibility index (Phi) is 4.72. The lowest BCUT2D eigenvalue weighted by atomic mass is 9.80. The molecule has 2 fully saturated rings. The third-order valence-electron chi connectivity index (χ3n) is 5.37. The molecule has 0 radical (unpaired) electrons. The van der Waals surface area contributed by atoms with Crippen LogP contribution >= 0.6 is 0 Å². The highest BCUT2D eigenvalue weighted by molar-refractivity contribution is 5.88. The van der Waals surface area contributed by atoms with E-state index < -0.39 is 5.54 Å². The van der Waals surface area contributed by atoms with Crippen molar-refractivity contribution in [1.29, 1.82) is 0 Å². The number of hydrogen-bond donors (Lipinski definition) is 2. The third kappa shape index (κ3) is 3.51. The van der Waals surface area contributed by atoms with Crippen molar-refractivity contribution in [3.8, 4) is 5.75 Å². The summed E-state index contributed by atoms with van der Waals surface area (Å²) in [6.45, 7) is 7.83. The summed E-state index contributed by atoms with van der Waals surface area (Å²) in [7, 11) is 1.65. The molecule has 2 N–H and O–H groups in total. The molecule has 1 spiro atoms. The quantitative estimate of drug-likeness (QED) is 0.890. The highest BCUT2D eigenvalue weighted by Crippen LogP contribution is 2.37. The van der Waals surface area contributed by atoms with Gasteiger partial charge in [-0.25, -0.2) is 0 Å². The minimum atomic E-state index is -0.623. The Balaban J connectivity index is 1.64. The Morgan fingerprint density at radius 1 is 1.29 bits per heavy atom. The van der Waals surface area contributed by atoms with E-state index in [4.69, 9.17) is 4.74 Å². The lowest BCUT2D eigenvalue weighted by Gasteiger charge is -2.35. The topological polar surface area (TPSA) is 53.6 Å². The van der Waals surface area contributed by atoms with Gasteiger partial charge in [-0.2, -0.15) is 0 Å². The number of ether oxygens (including phenoxy) is 1. The number of hydrogen-bond acceptors (Lipinski definition) is 4. The first-order valence-electron chi connectivity index (χ1n) is 8.87. The standard InChI is InChI=1S/C19H29N3O2/c1-18(2,21-15-5-7-16(24-3)8-6-15)17(23)22-12-10-19(14-22)9-4-11-20-13-19/h5-8,20-21H,4,9-14H2,1-3H3/t19-/m1/s1. The van der Waals surface area contributed by atoms with Crippen LogP contribution in [0.4, 0.5) is 5.69 Å². The zero-order valence-corrected chi connectivity index (χ0v) is 15.0. The number of benzene rings is 1. The first kappa shape index (κ1) is 17.1. The van der Waals surface area contributed by atoms with Gasteiger partial charge in [-0.1, -0.05) is 0 Å². The van der Waals surface area contributed by atoms with Gasteiger partial charge in [-0.3, -0.25) is 4.79 Å². The Morgan fingerprint density at radius 2 is 2.04 bits per heavy atom. The number of methoxy groups -OCH3 is 1. The predicted octanol–water partition coefficient (Wildman–Crippen LogP) is 2.49. The fourth-order valence-corrected chi connectivity index (χ4v) is 3.97. The number of anilines is 1. The molecule has 3 rings (SSSR count). The molecule has 1 aromatic rings. The highest BCUT2D eigenvalue weighted by atomic mass is 16.5. The average molecular weight is 331 g/mol. The molecule has 5 heteroatoms. The number of carbonyl (C=O) groups is 1. The van der Waals surface area contributed by atoms with Crippen molar-refractivity contribution in [2.24, 2.45) is 5.41 Å². The summed E-state index contributed by atoms with van der Waals surface area (Å²) < 4.78 is 5.18. The zero-order chi connectivity index (χ0) is 17.2. The van der Waals surface area contributed by atoms with Crippen molar-refractivity contribution in [2.75, 3.05) is 38.6 Å². The van der Waals surface area contributed by atoms with Gasteiger partial charge < -0.3 is 20.3 Å². The largest absolute Gasteiger partial charge is 0.497 e. The Labute approximate surface area is 144 Å². The number of amides is 1. The van der Waals surface area contributed by atoms with Crippen molar-refractivity contribution in [3.63, 3.8) is 0 Å². The second kappa shape index (κ2) is 6.63. The molecular weight excluding hydrogens is 302 g/mol. The fourth-order valence-electron chi connectivity index (χ4n) is 3.97. The lowest BCUT2D eigenvalue weighted by Crippen LogP contribution is -2.50. The maximum atomic E-state index is 13.0. The van der Waals surface area contributed by atoms with Crippen LogP contribution in [0.2, 0.25) is 0 Å². The third-order valence-corrected chi connectivity index (χ3v) is 5.37. The van der Waals surface area contributed by atoms with Crippen LogP contribution in [0, 0.1) is 5.41 Å². The summed E-state index contributed by atoms with van der Waals surface area (Å²) in [4.78, 5) is 15.1. The van der Waals surface area contributed by atoms with E-state index in [0.717, 1.165) is 44.0 Å². The molecule has 0 bridgehead atoms. The van der Waals surface area contributed by atoms with Crippen molar-refractivity contribution < 1.29 is 9.53 Å². The molecule has 2 heterocycles. The van der Waals surface area contributed by atoms with Gasteiger partial charge in [0.05, 0.1) is 7.11 Å². The Morgan fingerprint density at radius 3 is 2.67 bits per heavy atom. The van der Waals surface area contributed by atoms with E-state index >= 15 is 0 Å². The van der Waals surface area contributed by atoms with Crippen LogP contribution in [0.3, 0.4) is 0 Å². The Bertz CT molecular complexity index is 577. The second-order valence-electron chi connectivity index (χ2n) is 7.74. The smallest absolute Gasteiger partial charge is 0.247 e. The summed E-state index contributed by atoms with van der Waals surface area (Å²) in [6, 6.07) is 7.71. The molecule has 2 aliphatic heterocycles. The summed E-state index contributed by atoms with van der Waals surface area (Å²) in [5.74, 6) is 0.997. The molecule has 5 nitrogen and oxygen atoms in total. The molecule has 0 aromatic heterocycles. The van der Waals surface area contributed by atoms with Gasteiger partial charge in [0.25, 0.3) is 0 Å². The van der Waals surface area contributed by atoms with E-state index in [1.54, 1.807) is 7.11 Å². The van der Waals surface area contributed by atoms with Crippen molar-refractivity contribution in [3.05, 3.63) is 24.3 Å². The first-order valence-corrected chi connectivity index (χ1v) is 8.87. The summed E-state index contributed by atoms with van der Waals surface area (Å²) in [5.41, 5.74) is 0.606. The van der Waals surface area contributed by atoms with Crippen molar-refractivity contribution in [1.82, 2.24) is 10.2 Å². The number of nitrogens with one attached hydrogen (secondary N) is 2. The monoisotopic (exact) mass is 331 g/mol. The maximum absolute atomic E-state index is 13.0. The van der Waals surface area contributed by atoms with E-state index in [2.05, 4.69) is 10.6 Å². The number of carbonyl (C=O) groups excluding carboxylic acids is 1. The number of rotatable bonds is 4. The van der Waals surface area contributed by atoms with Crippen LogP contribution in [0.5, 0.6) is 5.75 Å².